The van der Waals surface area contributed by atoms with Crippen LogP contribution < -0.4 is 5.73 Å². The molecule has 0 rings (SSSR count). The molecule has 0 aromatic carbocycles. The summed E-state index contributed by atoms with van der Waals surface area (Å²) in [5.41, 5.74) is 3.57. The highest BCUT2D eigenvalue weighted by atomic mass is 32.2. The molecule has 140 valence electrons. The first-order valence-electron chi connectivity index (χ1n) is 7.10. The van der Waals surface area contributed by atoms with Crippen LogP contribution in [0, 0.1) is 5.41 Å². The van der Waals surface area contributed by atoms with Crippen molar-refractivity contribution in [3.8, 4) is 0 Å². The number of primary amides is 1. The number of carbonyl (C=O) groups is 3. The van der Waals surface area contributed by atoms with E-state index in [0.717, 1.165) is 11.8 Å². The van der Waals surface area contributed by atoms with E-state index in [1.54, 1.807) is 0 Å². The minimum absolute atomic E-state index is 0.351. The van der Waals surface area contributed by atoms with Crippen LogP contribution in [0.2, 0.25) is 6.04 Å². The molecule has 0 aliphatic carbocycles. The Morgan fingerprint density at radius 1 is 1.17 bits per heavy atom. The molecule has 0 aliphatic rings. The number of carboxylic acids is 2. The Morgan fingerprint density at radius 2 is 1.67 bits per heavy atom. The smallest absolute Gasteiger partial charge is 0.481 e. The molecule has 0 bridgehead atoms. The third-order valence-electron chi connectivity index (χ3n) is 3.73. The fourth-order valence-electron chi connectivity index (χ4n) is 2.20. The molecule has 2 atom stereocenters. The molecule has 11 heteroatoms. The number of nitrogens with two attached hydrogens (primary N) is 1. The fraction of sp³-hybridized carbons (Fsp3) is 0.769. The third kappa shape index (κ3) is 6.05. The second kappa shape index (κ2) is 9.99. The van der Waals surface area contributed by atoms with E-state index < -0.39 is 43.7 Å². The Kier molecular flexibility index (Phi) is 9.51. The van der Waals surface area contributed by atoms with Gasteiger partial charge in [0.05, 0.1) is 11.8 Å². The first-order chi connectivity index (χ1) is 11.1. The van der Waals surface area contributed by atoms with Crippen LogP contribution >= 0.6 is 11.8 Å². The first-order valence-corrected chi connectivity index (χ1v) is 10.1. The van der Waals surface area contributed by atoms with E-state index in [1.165, 1.54) is 28.3 Å². The number of hydrogen-bond acceptors (Lipinski definition) is 7. The van der Waals surface area contributed by atoms with Gasteiger partial charge in [-0.3, -0.25) is 14.4 Å². The Balaban J connectivity index is 4.95. The van der Waals surface area contributed by atoms with E-state index in [0.29, 0.717) is 18.2 Å². The number of rotatable bonds is 13. The minimum atomic E-state index is -2.76. The van der Waals surface area contributed by atoms with Gasteiger partial charge in [-0.25, -0.2) is 0 Å². The van der Waals surface area contributed by atoms with Crippen molar-refractivity contribution in [1.82, 2.24) is 0 Å². The summed E-state index contributed by atoms with van der Waals surface area (Å²) in [6, 6.07) is 0.460. The first kappa shape index (κ1) is 22.9. The largest absolute Gasteiger partial charge is 0.500 e. The van der Waals surface area contributed by atoms with Gasteiger partial charge in [-0.1, -0.05) is 0 Å². The van der Waals surface area contributed by atoms with Crippen molar-refractivity contribution in [2.24, 2.45) is 11.1 Å². The third-order valence-corrected chi connectivity index (χ3v) is 8.14. The molecule has 0 fully saturated rings. The van der Waals surface area contributed by atoms with Gasteiger partial charge in [0.2, 0.25) is 5.91 Å². The van der Waals surface area contributed by atoms with Crippen molar-refractivity contribution in [2.75, 3.05) is 27.1 Å². The zero-order chi connectivity index (χ0) is 19.0. The lowest BCUT2D eigenvalue weighted by molar-refractivity contribution is -0.148. The number of amides is 1. The highest BCUT2D eigenvalue weighted by Crippen LogP contribution is 2.35. The maximum absolute atomic E-state index is 11.7. The zero-order valence-corrected chi connectivity index (χ0v) is 16.1. The molecular formula is C13H25NO8SSi. The molecule has 9 nitrogen and oxygen atoms in total. The number of carbonyl (C=O) groups excluding carboxylic acids is 1. The Labute approximate surface area is 146 Å². The van der Waals surface area contributed by atoms with Gasteiger partial charge in [-0.2, -0.15) is 0 Å². The van der Waals surface area contributed by atoms with E-state index in [1.807, 2.05) is 0 Å². The molecular weight excluding hydrogens is 358 g/mol. The monoisotopic (exact) mass is 383 g/mol. The van der Waals surface area contributed by atoms with Crippen molar-refractivity contribution in [3.05, 3.63) is 0 Å². The molecule has 1 amide bonds. The minimum Gasteiger partial charge on any atom is -0.481 e. The lowest BCUT2D eigenvalue weighted by Crippen LogP contribution is -2.48. The maximum Gasteiger partial charge on any atom is 0.500 e. The molecule has 0 aliphatic heterocycles. The lowest BCUT2D eigenvalue weighted by atomic mass is 9.82. The number of aliphatic carboxylic acids is 2. The summed E-state index contributed by atoms with van der Waals surface area (Å²) in [7, 11) is 1.67. The summed E-state index contributed by atoms with van der Waals surface area (Å²) >= 11 is 0.971. The van der Waals surface area contributed by atoms with E-state index in [-0.39, 0.29) is 0 Å². The van der Waals surface area contributed by atoms with Crippen molar-refractivity contribution >= 4 is 38.4 Å². The van der Waals surface area contributed by atoms with Gasteiger partial charge in [0.25, 0.3) is 0 Å². The normalized spacial score (nSPS) is 15.5. The average Bonchev–Trinajstić information content (AvgIpc) is 2.50. The summed E-state index contributed by atoms with van der Waals surface area (Å²) < 4.78 is 15.8. The molecule has 0 saturated carbocycles. The number of thioether (sulfide) groups is 1. The fourth-order valence-corrected chi connectivity index (χ4v) is 5.43. The van der Waals surface area contributed by atoms with Gasteiger partial charge in [0.15, 0.2) is 0 Å². The molecule has 24 heavy (non-hydrogen) atoms. The van der Waals surface area contributed by atoms with Gasteiger partial charge in [-0.05, 0) is 19.1 Å². The summed E-state index contributed by atoms with van der Waals surface area (Å²) in [6.07, 6.45) is -0.142. The van der Waals surface area contributed by atoms with Crippen LogP contribution in [0.5, 0.6) is 0 Å². The lowest BCUT2D eigenvalue weighted by Gasteiger charge is -2.30. The molecule has 0 aromatic rings. The van der Waals surface area contributed by atoms with Gasteiger partial charge in [0, 0.05) is 27.4 Å². The van der Waals surface area contributed by atoms with Gasteiger partial charge >= 0.3 is 20.7 Å². The quantitative estimate of drug-likeness (QED) is 0.304. The summed E-state index contributed by atoms with van der Waals surface area (Å²) in [6.45, 7) is 1.26. The Bertz CT molecular complexity index is 451. The topological polar surface area (TPSA) is 145 Å². The van der Waals surface area contributed by atoms with Crippen LogP contribution in [-0.2, 0) is 27.7 Å². The van der Waals surface area contributed by atoms with Gasteiger partial charge in [0.1, 0.15) is 5.25 Å². The van der Waals surface area contributed by atoms with Crippen molar-refractivity contribution < 1.29 is 37.9 Å². The molecule has 4 N–H and O–H groups in total. The van der Waals surface area contributed by atoms with Crippen molar-refractivity contribution in [1.29, 1.82) is 0 Å². The zero-order valence-electron chi connectivity index (χ0n) is 14.2. The van der Waals surface area contributed by atoms with E-state index in [4.69, 9.17) is 24.1 Å². The summed E-state index contributed by atoms with van der Waals surface area (Å²) in [5.74, 6) is -3.17. The standard InChI is InChI=1S/C13H25NO8SSi/c1-13(12(14)19,8-9(15)16)10(11(17)18)23-6-5-7-24(20-2,21-3)22-4/h10H,5-8H2,1-4H3,(H2,14,19)(H,15,16)(H,17,18). The predicted octanol–water partition coefficient (Wildman–Crippen LogP) is 0.407. The molecule has 2 unspecified atom stereocenters. The highest BCUT2D eigenvalue weighted by Gasteiger charge is 2.46. The second-order valence-corrected chi connectivity index (χ2v) is 9.64. The van der Waals surface area contributed by atoms with Crippen molar-refractivity contribution in [2.45, 2.75) is 31.1 Å². The van der Waals surface area contributed by atoms with Crippen LogP contribution in [0.4, 0.5) is 0 Å². The second-order valence-electron chi connectivity index (χ2n) is 5.34. The van der Waals surface area contributed by atoms with Gasteiger partial charge < -0.3 is 29.2 Å². The van der Waals surface area contributed by atoms with Gasteiger partial charge in [-0.15, -0.1) is 11.8 Å². The molecule has 0 aromatic heterocycles. The van der Waals surface area contributed by atoms with E-state index in [9.17, 15) is 19.5 Å². The predicted molar refractivity (Wildman–Crippen MR) is 89.6 cm³/mol. The van der Waals surface area contributed by atoms with Crippen LogP contribution in [-0.4, -0.2) is 69.2 Å². The SMILES string of the molecule is CO[Si](CCCSC(C(=O)O)C(C)(CC(=O)O)C(N)=O)(OC)OC. The number of carboxylic acid groups (broad SMARTS) is 2. The van der Waals surface area contributed by atoms with E-state index in [2.05, 4.69) is 0 Å². The van der Waals surface area contributed by atoms with E-state index >= 15 is 0 Å². The molecule has 0 radical (unpaired) electrons. The summed E-state index contributed by atoms with van der Waals surface area (Å²) in [5, 5.41) is 17.1. The van der Waals surface area contributed by atoms with Crippen LogP contribution in [0.1, 0.15) is 19.8 Å². The Morgan fingerprint density at radius 3 is 2.00 bits per heavy atom. The summed E-state index contributed by atoms with van der Waals surface area (Å²) in [4.78, 5) is 34.1. The molecule has 0 saturated heterocycles. The Hall–Kier alpha value is -1.14. The number of hydrogen-bond donors (Lipinski definition) is 3. The molecule has 0 spiro atoms. The highest BCUT2D eigenvalue weighted by molar-refractivity contribution is 8.00. The van der Waals surface area contributed by atoms with Crippen LogP contribution in [0.15, 0.2) is 0 Å². The maximum atomic E-state index is 11.7. The van der Waals surface area contributed by atoms with Crippen molar-refractivity contribution in [3.63, 3.8) is 0 Å². The average molecular weight is 383 g/mol. The van der Waals surface area contributed by atoms with Crippen LogP contribution in [0.3, 0.4) is 0 Å². The molecule has 0 heterocycles. The van der Waals surface area contributed by atoms with Crippen LogP contribution in [0.25, 0.3) is 0 Å².